The van der Waals surface area contributed by atoms with Gasteiger partial charge in [-0.05, 0) is 24.9 Å². The van der Waals surface area contributed by atoms with Gasteiger partial charge in [0.15, 0.2) is 0 Å². The molecule has 4 nitrogen and oxygen atoms in total. The minimum Gasteiger partial charge on any atom is -0.394 e. The van der Waals surface area contributed by atoms with Gasteiger partial charge in [-0.2, -0.15) is 0 Å². The highest BCUT2D eigenvalue weighted by Crippen LogP contribution is 2.35. The molecule has 22 heavy (non-hydrogen) atoms. The number of benzene rings is 1. The van der Waals surface area contributed by atoms with Crippen molar-refractivity contribution < 1.29 is 10.2 Å². The molecule has 0 spiro atoms. The van der Waals surface area contributed by atoms with Crippen LogP contribution in [0.1, 0.15) is 30.9 Å². The standard InChI is InChI=1S/C16H24N2O2.2ClH/c19-10-14(13-6-2-1-3-7-13)18-9-5-4-8-15(18)16(20)11-17-12-16;;/h1-3,6-7,14-15,17,19-20H,4-5,8-12H2;2*1H/t14?,15-;;/m0../s1. The monoisotopic (exact) mass is 348 g/mol. The van der Waals surface area contributed by atoms with Crippen LogP contribution in [0.5, 0.6) is 0 Å². The summed E-state index contributed by atoms with van der Waals surface area (Å²) in [6.07, 6.45) is 3.32. The zero-order valence-corrected chi connectivity index (χ0v) is 14.3. The molecule has 2 saturated heterocycles. The lowest BCUT2D eigenvalue weighted by molar-refractivity contribution is -0.111. The van der Waals surface area contributed by atoms with Crippen LogP contribution in [0.25, 0.3) is 0 Å². The van der Waals surface area contributed by atoms with Crippen molar-refractivity contribution in [3.8, 4) is 0 Å². The van der Waals surface area contributed by atoms with Gasteiger partial charge in [-0.15, -0.1) is 24.8 Å². The first-order chi connectivity index (χ1) is 9.74. The van der Waals surface area contributed by atoms with E-state index in [-0.39, 0.29) is 43.5 Å². The molecule has 6 heteroatoms. The predicted octanol–water partition coefficient (Wildman–Crippen LogP) is 1.75. The molecule has 3 N–H and O–H groups in total. The van der Waals surface area contributed by atoms with Crippen molar-refractivity contribution in [3.63, 3.8) is 0 Å². The Morgan fingerprint density at radius 1 is 1.18 bits per heavy atom. The van der Waals surface area contributed by atoms with Crippen molar-refractivity contribution >= 4 is 24.8 Å². The second-order valence-electron chi connectivity index (χ2n) is 6.07. The van der Waals surface area contributed by atoms with E-state index in [9.17, 15) is 10.2 Å². The number of nitrogens with one attached hydrogen (secondary N) is 1. The average molecular weight is 349 g/mol. The molecule has 1 aromatic carbocycles. The fraction of sp³-hybridized carbons (Fsp3) is 0.625. The molecule has 1 aromatic rings. The number of halogens is 2. The summed E-state index contributed by atoms with van der Waals surface area (Å²) in [4.78, 5) is 2.32. The van der Waals surface area contributed by atoms with Gasteiger partial charge in [0.1, 0.15) is 5.60 Å². The molecule has 2 atom stereocenters. The summed E-state index contributed by atoms with van der Waals surface area (Å²) in [6.45, 7) is 2.39. The van der Waals surface area contributed by atoms with Gasteiger partial charge in [0.05, 0.1) is 12.6 Å². The Morgan fingerprint density at radius 3 is 2.41 bits per heavy atom. The molecule has 0 bridgehead atoms. The molecule has 0 saturated carbocycles. The van der Waals surface area contributed by atoms with Gasteiger partial charge in [0.25, 0.3) is 0 Å². The van der Waals surface area contributed by atoms with Crippen LogP contribution in [0.3, 0.4) is 0 Å². The molecule has 2 aliphatic heterocycles. The van der Waals surface area contributed by atoms with Crippen LogP contribution >= 0.6 is 24.8 Å². The van der Waals surface area contributed by atoms with E-state index in [4.69, 9.17) is 0 Å². The molecule has 2 aliphatic rings. The number of aliphatic hydroxyl groups is 2. The number of rotatable bonds is 4. The Hall–Kier alpha value is -0.360. The summed E-state index contributed by atoms with van der Waals surface area (Å²) < 4.78 is 0. The molecule has 2 heterocycles. The summed E-state index contributed by atoms with van der Waals surface area (Å²) in [5.74, 6) is 0. The quantitative estimate of drug-likeness (QED) is 0.775. The molecule has 3 rings (SSSR count). The number of nitrogens with zero attached hydrogens (tertiary/aromatic N) is 1. The first kappa shape index (κ1) is 19.7. The lowest BCUT2D eigenvalue weighted by atomic mass is 9.80. The van der Waals surface area contributed by atoms with Gasteiger partial charge >= 0.3 is 0 Å². The first-order valence-corrected chi connectivity index (χ1v) is 7.59. The maximum absolute atomic E-state index is 10.7. The number of likely N-dealkylation sites (tertiary alicyclic amines) is 1. The minimum absolute atomic E-state index is 0. The lowest BCUT2D eigenvalue weighted by Gasteiger charge is -2.52. The third kappa shape index (κ3) is 3.75. The first-order valence-electron chi connectivity index (χ1n) is 7.59. The van der Waals surface area contributed by atoms with E-state index in [0.29, 0.717) is 13.1 Å². The maximum atomic E-state index is 10.7. The number of piperidine rings is 1. The van der Waals surface area contributed by atoms with Crippen LogP contribution in [0.15, 0.2) is 30.3 Å². The Labute approximate surface area is 144 Å². The normalized spacial score (nSPS) is 25.3. The molecule has 2 fully saturated rings. The zero-order chi connectivity index (χ0) is 14.0. The second-order valence-corrected chi connectivity index (χ2v) is 6.07. The summed E-state index contributed by atoms with van der Waals surface area (Å²) in [6, 6.07) is 10.3. The lowest BCUT2D eigenvalue weighted by Crippen LogP contribution is -2.70. The molecule has 126 valence electrons. The van der Waals surface area contributed by atoms with Crippen molar-refractivity contribution in [2.45, 2.75) is 36.9 Å². The Bertz CT molecular complexity index is 443. The van der Waals surface area contributed by atoms with E-state index < -0.39 is 5.60 Å². The third-order valence-corrected chi connectivity index (χ3v) is 4.78. The zero-order valence-electron chi connectivity index (χ0n) is 12.6. The van der Waals surface area contributed by atoms with Crippen molar-refractivity contribution in [1.82, 2.24) is 10.2 Å². The van der Waals surface area contributed by atoms with Crippen LogP contribution < -0.4 is 5.32 Å². The average Bonchev–Trinajstić information content (AvgIpc) is 2.47. The van der Waals surface area contributed by atoms with Crippen LogP contribution in [0.4, 0.5) is 0 Å². The van der Waals surface area contributed by atoms with Crippen molar-refractivity contribution in [2.24, 2.45) is 0 Å². The SMILES string of the molecule is Cl.Cl.OCC(c1ccccc1)N1CCCC[C@H]1C1(O)CNC1. The van der Waals surface area contributed by atoms with E-state index in [1.165, 1.54) is 0 Å². The van der Waals surface area contributed by atoms with Crippen LogP contribution in [0.2, 0.25) is 0 Å². The Balaban J connectivity index is 0.00000121. The number of hydrogen-bond acceptors (Lipinski definition) is 4. The van der Waals surface area contributed by atoms with Crippen LogP contribution in [0, 0.1) is 0 Å². The van der Waals surface area contributed by atoms with E-state index in [0.717, 1.165) is 31.4 Å². The number of aliphatic hydroxyl groups excluding tert-OH is 1. The Kier molecular flexibility index (Phi) is 7.59. The van der Waals surface area contributed by atoms with E-state index in [2.05, 4.69) is 22.3 Å². The highest BCUT2D eigenvalue weighted by atomic mass is 35.5. The highest BCUT2D eigenvalue weighted by Gasteiger charge is 2.47. The number of β-amino-alcohol motifs (C(OH)–C–C–N with tert-alkyl or cyclic N) is 1. The highest BCUT2D eigenvalue weighted by molar-refractivity contribution is 5.85. The predicted molar refractivity (Wildman–Crippen MR) is 92.9 cm³/mol. The fourth-order valence-electron chi connectivity index (χ4n) is 3.60. The molecule has 0 radical (unpaired) electrons. The largest absolute Gasteiger partial charge is 0.394 e. The van der Waals surface area contributed by atoms with Gasteiger partial charge in [-0.1, -0.05) is 36.8 Å². The molecular formula is C16H26Cl2N2O2. The van der Waals surface area contributed by atoms with E-state index in [1.54, 1.807) is 0 Å². The summed E-state index contributed by atoms with van der Waals surface area (Å²) >= 11 is 0. The van der Waals surface area contributed by atoms with E-state index >= 15 is 0 Å². The van der Waals surface area contributed by atoms with Crippen LogP contribution in [-0.4, -0.2) is 53.0 Å². The summed E-state index contributed by atoms with van der Waals surface area (Å²) in [5, 5.41) is 23.8. The van der Waals surface area contributed by atoms with Gasteiger partial charge in [-0.25, -0.2) is 0 Å². The fourth-order valence-corrected chi connectivity index (χ4v) is 3.60. The molecule has 1 unspecified atom stereocenters. The minimum atomic E-state index is -0.622. The topological polar surface area (TPSA) is 55.7 Å². The Morgan fingerprint density at radius 2 is 1.86 bits per heavy atom. The van der Waals surface area contributed by atoms with Crippen molar-refractivity contribution in [2.75, 3.05) is 26.2 Å². The van der Waals surface area contributed by atoms with Gasteiger partial charge in [0.2, 0.25) is 0 Å². The molecule has 0 aliphatic carbocycles. The van der Waals surface area contributed by atoms with Crippen molar-refractivity contribution in [1.29, 1.82) is 0 Å². The molecule has 0 amide bonds. The van der Waals surface area contributed by atoms with Crippen LogP contribution in [-0.2, 0) is 0 Å². The smallest absolute Gasteiger partial charge is 0.105 e. The maximum Gasteiger partial charge on any atom is 0.105 e. The third-order valence-electron chi connectivity index (χ3n) is 4.78. The summed E-state index contributed by atoms with van der Waals surface area (Å²) in [7, 11) is 0. The van der Waals surface area contributed by atoms with Gasteiger partial charge < -0.3 is 15.5 Å². The van der Waals surface area contributed by atoms with Crippen molar-refractivity contribution in [3.05, 3.63) is 35.9 Å². The summed E-state index contributed by atoms with van der Waals surface area (Å²) in [5.41, 5.74) is 0.514. The van der Waals surface area contributed by atoms with Gasteiger partial charge in [0, 0.05) is 19.1 Å². The van der Waals surface area contributed by atoms with E-state index in [1.807, 2.05) is 18.2 Å². The molecule has 0 aromatic heterocycles. The molecular weight excluding hydrogens is 323 g/mol. The van der Waals surface area contributed by atoms with Gasteiger partial charge in [-0.3, -0.25) is 4.90 Å². The second kappa shape index (κ2) is 8.48. The number of hydrogen-bond donors (Lipinski definition) is 3.